The van der Waals surface area contributed by atoms with E-state index in [-0.39, 0.29) is 45.5 Å². The average Bonchev–Trinajstić information content (AvgIpc) is 3.11. The second-order valence-electron chi connectivity index (χ2n) is 11.8. The molecule has 0 bridgehead atoms. The van der Waals surface area contributed by atoms with Crippen molar-refractivity contribution in [1.82, 2.24) is 10.2 Å². The van der Waals surface area contributed by atoms with Crippen LogP contribution in [0.25, 0.3) is 0 Å². The summed E-state index contributed by atoms with van der Waals surface area (Å²) in [6.07, 6.45) is 5.12. The molecule has 4 aromatic carbocycles. The molecular weight excluding hydrogens is 669 g/mol. The minimum atomic E-state index is -4.31. The summed E-state index contributed by atoms with van der Waals surface area (Å²) in [5.74, 6) is -0.293. The smallest absolute Gasteiger partial charge is 0.264 e. The summed E-state index contributed by atoms with van der Waals surface area (Å²) in [7, 11) is -2.76. The fourth-order valence-electron chi connectivity index (χ4n) is 5.98. The zero-order chi connectivity index (χ0) is 34.1. The Balaban J connectivity index is 1.59. The predicted molar refractivity (Wildman–Crippen MR) is 190 cm³/mol. The van der Waals surface area contributed by atoms with Gasteiger partial charge < -0.3 is 15.0 Å². The summed E-state index contributed by atoms with van der Waals surface area (Å²) in [5, 5.41) is 3.56. The van der Waals surface area contributed by atoms with E-state index in [2.05, 4.69) is 5.32 Å². The summed E-state index contributed by atoms with van der Waals surface area (Å²) >= 11 is 12.9. The number of hydrogen-bond acceptors (Lipinski definition) is 5. The van der Waals surface area contributed by atoms with Crippen LogP contribution in [0.15, 0.2) is 108 Å². The Hall–Kier alpha value is -4.05. The molecular formula is C37H39Cl2N3O5S. The molecule has 0 aliphatic heterocycles. The molecule has 0 saturated heterocycles. The third kappa shape index (κ3) is 8.89. The number of benzene rings is 4. The van der Waals surface area contributed by atoms with Crippen LogP contribution in [0, 0.1) is 0 Å². The Morgan fingerprint density at radius 1 is 0.854 bits per heavy atom. The molecule has 1 fully saturated rings. The summed E-state index contributed by atoms with van der Waals surface area (Å²) < 4.78 is 34.8. The SMILES string of the molecule is COc1cccc(CN(C(=O)CN(c2cc(Cl)ccc2Cl)S(=O)(=O)c2ccccc2)C(Cc2ccccc2)C(=O)NC2CCCCC2)c1. The van der Waals surface area contributed by atoms with Gasteiger partial charge in [-0.15, -0.1) is 0 Å². The van der Waals surface area contributed by atoms with Crippen molar-refractivity contribution in [3.05, 3.63) is 124 Å². The summed E-state index contributed by atoms with van der Waals surface area (Å²) in [4.78, 5) is 30.4. The maximum absolute atomic E-state index is 14.7. The number of rotatable bonds is 13. The maximum atomic E-state index is 14.7. The normalized spacial score (nSPS) is 14.1. The molecule has 5 rings (SSSR count). The van der Waals surface area contributed by atoms with Gasteiger partial charge in [0.25, 0.3) is 10.0 Å². The number of halogens is 2. The molecule has 1 unspecified atom stereocenters. The first-order chi connectivity index (χ1) is 23.2. The van der Waals surface area contributed by atoms with Crippen LogP contribution in [0.4, 0.5) is 5.69 Å². The lowest BCUT2D eigenvalue weighted by molar-refractivity contribution is -0.140. The zero-order valence-electron chi connectivity index (χ0n) is 26.7. The van der Waals surface area contributed by atoms with Gasteiger partial charge in [0.1, 0.15) is 18.3 Å². The molecule has 0 heterocycles. The fourth-order valence-corrected chi connectivity index (χ4v) is 7.86. The molecule has 2 amide bonds. The molecule has 1 atom stereocenters. The van der Waals surface area contributed by atoms with Gasteiger partial charge in [0.15, 0.2) is 0 Å². The third-order valence-electron chi connectivity index (χ3n) is 8.50. The van der Waals surface area contributed by atoms with E-state index in [4.69, 9.17) is 27.9 Å². The number of methoxy groups -OCH3 is 1. The van der Waals surface area contributed by atoms with Crippen molar-refractivity contribution in [2.75, 3.05) is 18.0 Å². The number of nitrogens with one attached hydrogen (secondary N) is 1. The van der Waals surface area contributed by atoms with Gasteiger partial charge in [0.05, 0.1) is 22.7 Å². The molecule has 8 nitrogen and oxygen atoms in total. The van der Waals surface area contributed by atoms with Crippen molar-refractivity contribution in [3.8, 4) is 5.75 Å². The lowest BCUT2D eigenvalue weighted by Crippen LogP contribution is -2.55. The van der Waals surface area contributed by atoms with E-state index >= 15 is 0 Å². The van der Waals surface area contributed by atoms with Crippen LogP contribution in [0.5, 0.6) is 5.75 Å². The van der Waals surface area contributed by atoms with Crippen molar-refractivity contribution in [2.45, 2.75) is 62.0 Å². The Labute approximate surface area is 292 Å². The minimum Gasteiger partial charge on any atom is -0.497 e. The second kappa shape index (κ2) is 16.4. The number of nitrogens with zero attached hydrogens (tertiary/aromatic N) is 2. The number of hydrogen-bond donors (Lipinski definition) is 1. The van der Waals surface area contributed by atoms with E-state index in [1.54, 1.807) is 43.5 Å². The van der Waals surface area contributed by atoms with Gasteiger partial charge in [0, 0.05) is 24.0 Å². The van der Waals surface area contributed by atoms with Crippen LogP contribution >= 0.6 is 23.2 Å². The fraction of sp³-hybridized carbons (Fsp3) is 0.297. The first-order valence-electron chi connectivity index (χ1n) is 16.0. The van der Waals surface area contributed by atoms with Crippen LogP contribution in [-0.4, -0.2) is 50.9 Å². The standard InChI is InChI=1S/C37H39Cl2N3O5S/c1-47-31-17-11-14-28(22-31)25-41(35(23-27-12-5-2-6-13-27)37(44)40-30-15-7-3-8-16-30)36(43)26-42(34-24-29(38)20-21-33(34)39)48(45,46)32-18-9-4-10-19-32/h2,4-6,9-14,17-22,24,30,35H,3,7-8,15-16,23,25-26H2,1H3,(H,40,44). The van der Waals surface area contributed by atoms with Crippen LogP contribution in [-0.2, 0) is 32.6 Å². The molecule has 1 aliphatic carbocycles. The van der Waals surface area contributed by atoms with E-state index in [0.717, 1.165) is 42.0 Å². The van der Waals surface area contributed by atoms with E-state index in [1.807, 2.05) is 42.5 Å². The topological polar surface area (TPSA) is 96.0 Å². The Morgan fingerprint density at radius 3 is 2.21 bits per heavy atom. The zero-order valence-corrected chi connectivity index (χ0v) is 29.1. The number of amides is 2. The molecule has 48 heavy (non-hydrogen) atoms. The van der Waals surface area contributed by atoms with E-state index in [0.29, 0.717) is 11.3 Å². The monoisotopic (exact) mass is 707 g/mol. The highest BCUT2D eigenvalue weighted by molar-refractivity contribution is 7.92. The van der Waals surface area contributed by atoms with Gasteiger partial charge in [-0.25, -0.2) is 8.42 Å². The Kier molecular flexibility index (Phi) is 12.0. The predicted octanol–water partition coefficient (Wildman–Crippen LogP) is 7.29. The maximum Gasteiger partial charge on any atom is 0.264 e. The van der Waals surface area contributed by atoms with Gasteiger partial charge in [-0.2, -0.15) is 0 Å². The molecule has 1 aliphatic rings. The molecule has 1 saturated carbocycles. The third-order valence-corrected chi connectivity index (χ3v) is 10.8. The highest BCUT2D eigenvalue weighted by atomic mass is 35.5. The first-order valence-corrected chi connectivity index (χ1v) is 18.1. The van der Waals surface area contributed by atoms with Crippen molar-refractivity contribution >= 4 is 50.7 Å². The highest BCUT2D eigenvalue weighted by Crippen LogP contribution is 2.33. The van der Waals surface area contributed by atoms with Crippen LogP contribution in [0.2, 0.25) is 10.0 Å². The van der Waals surface area contributed by atoms with E-state index < -0.39 is 28.5 Å². The first kappa shape index (κ1) is 35.3. The number of carbonyl (C=O) groups is 2. The molecule has 0 aromatic heterocycles. The molecule has 1 N–H and O–H groups in total. The quantitative estimate of drug-likeness (QED) is 0.158. The number of anilines is 1. The van der Waals surface area contributed by atoms with Gasteiger partial charge in [-0.3, -0.25) is 13.9 Å². The van der Waals surface area contributed by atoms with E-state index in [1.165, 1.54) is 29.2 Å². The summed E-state index contributed by atoms with van der Waals surface area (Å²) in [6, 6.07) is 28.0. The minimum absolute atomic E-state index is 0.00137. The molecule has 0 spiro atoms. The number of sulfonamides is 1. The average molecular weight is 709 g/mol. The van der Waals surface area contributed by atoms with Crippen molar-refractivity contribution in [3.63, 3.8) is 0 Å². The lowest BCUT2D eigenvalue weighted by atomic mass is 9.94. The van der Waals surface area contributed by atoms with Gasteiger partial charge in [-0.05, 0) is 66.4 Å². The molecule has 4 aromatic rings. The second-order valence-corrected chi connectivity index (χ2v) is 14.5. The van der Waals surface area contributed by atoms with E-state index in [9.17, 15) is 18.0 Å². The number of ether oxygens (including phenoxy) is 1. The summed E-state index contributed by atoms with van der Waals surface area (Å²) in [6.45, 7) is -0.614. The molecule has 0 radical (unpaired) electrons. The van der Waals surface area contributed by atoms with Crippen LogP contribution in [0.3, 0.4) is 0 Å². The molecule has 252 valence electrons. The van der Waals surface area contributed by atoms with Crippen molar-refractivity contribution < 1.29 is 22.7 Å². The van der Waals surface area contributed by atoms with Crippen molar-refractivity contribution in [1.29, 1.82) is 0 Å². The Bertz CT molecular complexity index is 1800. The van der Waals surface area contributed by atoms with Gasteiger partial charge in [0.2, 0.25) is 11.8 Å². The van der Waals surface area contributed by atoms with Crippen LogP contribution in [0.1, 0.15) is 43.2 Å². The van der Waals surface area contributed by atoms with Crippen LogP contribution < -0.4 is 14.4 Å². The van der Waals surface area contributed by atoms with Crippen molar-refractivity contribution in [2.24, 2.45) is 0 Å². The number of carbonyl (C=O) groups excluding carboxylic acids is 2. The largest absolute Gasteiger partial charge is 0.497 e. The summed E-state index contributed by atoms with van der Waals surface area (Å²) in [5.41, 5.74) is 1.62. The van der Waals surface area contributed by atoms with Gasteiger partial charge >= 0.3 is 0 Å². The van der Waals surface area contributed by atoms with Gasteiger partial charge in [-0.1, -0.05) is 103 Å². The Morgan fingerprint density at radius 2 is 1.52 bits per heavy atom. The lowest BCUT2D eigenvalue weighted by Gasteiger charge is -2.35. The highest BCUT2D eigenvalue weighted by Gasteiger charge is 2.36. The molecule has 11 heteroatoms.